The number of aryl methyl sites for hydroxylation is 2. The van der Waals surface area contributed by atoms with Gasteiger partial charge in [0.05, 0.1) is 31.7 Å². The Kier molecular flexibility index (Phi) is 6.51. The maximum Gasteiger partial charge on any atom is 0.332 e. The fourth-order valence-electron chi connectivity index (χ4n) is 2.87. The van der Waals surface area contributed by atoms with Crippen LogP contribution in [0.3, 0.4) is 0 Å². The molecule has 0 amide bonds. The standard InChI is InChI=1S/C16H26N4O5/c1-3-19-14-13(15(24)20(16(19)25)8-11(2)22)18(10-17-14)7-5-4-6-12(23)9-21/h10-12,21-23H,3-9H2,1-2H3. The molecule has 2 aromatic rings. The maximum atomic E-state index is 12.7. The van der Waals surface area contributed by atoms with Gasteiger partial charge in [0.2, 0.25) is 0 Å². The molecule has 0 saturated carbocycles. The van der Waals surface area contributed by atoms with Gasteiger partial charge in [0.15, 0.2) is 11.2 Å². The van der Waals surface area contributed by atoms with Gasteiger partial charge in [-0.05, 0) is 33.1 Å². The second-order valence-corrected chi connectivity index (χ2v) is 6.23. The Morgan fingerprint density at radius 3 is 2.52 bits per heavy atom. The molecule has 0 aliphatic carbocycles. The van der Waals surface area contributed by atoms with Crippen LogP contribution in [0.2, 0.25) is 0 Å². The second kappa shape index (κ2) is 8.41. The lowest BCUT2D eigenvalue weighted by atomic mass is 10.1. The quantitative estimate of drug-likeness (QED) is 0.511. The fourth-order valence-corrected chi connectivity index (χ4v) is 2.87. The molecule has 2 aromatic heterocycles. The van der Waals surface area contributed by atoms with Gasteiger partial charge in [-0.3, -0.25) is 13.9 Å². The van der Waals surface area contributed by atoms with Crippen molar-refractivity contribution in [3.8, 4) is 0 Å². The Hall–Kier alpha value is -1.97. The number of unbranched alkanes of at least 4 members (excludes halogenated alkanes) is 1. The van der Waals surface area contributed by atoms with E-state index in [9.17, 15) is 19.8 Å². The molecule has 0 aliphatic rings. The van der Waals surface area contributed by atoms with Crippen LogP contribution in [0.15, 0.2) is 15.9 Å². The molecule has 0 bridgehead atoms. The van der Waals surface area contributed by atoms with Crippen molar-refractivity contribution in [2.45, 2.75) is 65.0 Å². The van der Waals surface area contributed by atoms with Gasteiger partial charge in [-0.1, -0.05) is 0 Å². The highest BCUT2D eigenvalue weighted by Gasteiger charge is 2.18. The molecule has 3 N–H and O–H groups in total. The molecule has 140 valence electrons. The van der Waals surface area contributed by atoms with Gasteiger partial charge in [0, 0.05) is 13.1 Å². The Morgan fingerprint density at radius 2 is 1.92 bits per heavy atom. The zero-order valence-electron chi connectivity index (χ0n) is 14.6. The van der Waals surface area contributed by atoms with E-state index in [4.69, 9.17) is 5.11 Å². The van der Waals surface area contributed by atoms with Crippen LogP contribution in [0.25, 0.3) is 11.2 Å². The molecule has 0 spiro atoms. The zero-order chi connectivity index (χ0) is 18.6. The van der Waals surface area contributed by atoms with Gasteiger partial charge >= 0.3 is 5.69 Å². The van der Waals surface area contributed by atoms with Crippen molar-refractivity contribution in [2.24, 2.45) is 0 Å². The smallest absolute Gasteiger partial charge is 0.332 e. The molecule has 0 radical (unpaired) electrons. The number of imidazole rings is 1. The van der Waals surface area contributed by atoms with Crippen molar-refractivity contribution in [1.82, 2.24) is 18.7 Å². The van der Waals surface area contributed by atoms with Crippen LogP contribution in [-0.4, -0.2) is 52.8 Å². The third-order valence-electron chi connectivity index (χ3n) is 4.14. The minimum atomic E-state index is -0.815. The first kappa shape index (κ1) is 19.4. The van der Waals surface area contributed by atoms with E-state index in [1.54, 1.807) is 11.5 Å². The van der Waals surface area contributed by atoms with Crippen molar-refractivity contribution >= 4 is 11.2 Å². The first-order valence-electron chi connectivity index (χ1n) is 8.56. The largest absolute Gasteiger partial charge is 0.394 e. The number of hydrogen-bond donors (Lipinski definition) is 3. The Labute approximate surface area is 144 Å². The fraction of sp³-hybridized carbons (Fsp3) is 0.688. The summed E-state index contributed by atoms with van der Waals surface area (Å²) in [7, 11) is 0. The first-order valence-corrected chi connectivity index (χ1v) is 8.56. The molecule has 2 atom stereocenters. The summed E-state index contributed by atoms with van der Waals surface area (Å²) in [5.74, 6) is 0. The SMILES string of the molecule is CCn1c(=O)n(CC(C)O)c(=O)c2c1ncn2CCCCC(O)CO. The molecular formula is C16H26N4O5. The van der Waals surface area contributed by atoms with Crippen LogP contribution in [-0.2, 0) is 19.6 Å². The highest BCUT2D eigenvalue weighted by Crippen LogP contribution is 2.10. The van der Waals surface area contributed by atoms with Gasteiger partial charge in [-0.25, -0.2) is 9.78 Å². The zero-order valence-corrected chi connectivity index (χ0v) is 14.6. The van der Waals surface area contributed by atoms with Crippen LogP contribution in [0.1, 0.15) is 33.1 Å². The van der Waals surface area contributed by atoms with Crippen molar-refractivity contribution in [1.29, 1.82) is 0 Å². The van der Waals surface area contributed by atoms with E-state index in [1.807, 2.05) is 0 Å². The minimum Gasteiger partial charge on any atom is -0.394 e. The van der Waals surface area contributed by atoms with Crippen LogP contribution >= 0.6 is 0 Å². The van der Waals surface area contributed by atoms with Gasteiger partial charge in [0.25, 0.3) is 5.56 Å². The topological polar surface area (TPSA) is 123 Å². The molecule has 25 heavy (non-hydrogen) atoms. The highest BCUT2D eigenvalue weighted by atomic mass is 16.3. The van der Waals surface area contributed by atoms with Gasteiger partial charge in [-0.2, -0.15) is 0 Å². The monoisotopic (exact) mass is 354 g/mol. The van der Waals surface area contributed by atoms with E-state index in [-0.39, 0.29) is 13.2 Å². The molecule has 2 heterocycles. The van der Waals surface area contributed by atoms with Gasteiger partial charge in [0.1, 0.15) is 0 Å². The van der Waals surface area contributed by atoms with Crippen LogP contribution in [0.4, 0.5) is 0 Å². The van der Waals surface area contributed by atoms with Crippen LogP contribution in [0.5, 0.6) is 0 Å². The second-order valence-electron chi connectivity index (χ2n) is 6.23. The maximum absolute atomic E-state index is 12.7. The lowest BCUT2D eigenvalue weighted by molar-refractivity contribution is 0.0859. The number of aromatic nitrogens is 4. The first-order chi connectivity index (χ1) is 11.9. The summed E-state index contributed by atoms with van der Waals surface area (Å²) in [6.07, 6.45) is 1.86. The Bertz CT molecular complexity index is 820. The molecule has 0 fully saturated rings. The number of aliphatic hydroxyl groups is 3. The third-order valence-corrected chi connectivity index (χ3v) is 4.14. The van der Waals surface area contributed by atoms with Crippen LogP contribution in [0, 0.1) is 0 Å². The summed E-state index contributed by atoms with van der Waals surface area (Å²) in [5.41, 5.74) is -0.254. The number of aliphatic hydroxyl groups excluding tert-OH is 3. The summed E-state index contributed by atoms with van der Waals surface area (Å²) in [5, 5.41) is 27.8. The summed E-state index contributed by atoms with van der Waals surface area (Å²) in [4.78, 5) is 29.4. The third kappa shape index (κ3) is 4.17. The predicted octanol–water partition coefficient (Wildman–Crippen LogP) is -0.716. The molecule has 0 aromatic carbocycles. The highest BCUT2D eigenvalue weighted by molar-refractivity contribution is 5.70. The summed E-state index contributed by atoms with van der Waals surface area (Å²) >= 11 is 0. The lowest BCUT2D eigenvalue weighted by Crippen LogP contribution is -2.42. The van der Waals surface area contributed by atoms with E-state index >= 15 is 0 Å². The van der Waals surface area contributed by atoms with Gasteiger partial charge in [-0.15, -0.1) is 0 Å². The molecule has 0 saturated heterocycles. The summed E-state index contributed by atoms with van der Waals surface area (Å²) in [6, 6.07) is 0. The normalized spacial score (nSPS) is 14.1. The molecule has 9 heteroatoms. The van der Waals surface area contributed by atoms with Crippen molar-refractivity contribution < 1.29 is 15.3 Å². The predicted molar refractivity (Wildman–Crippen MR) is 92.6 cm³/mol. The molecule has 2 rings (SSSR count). The molecule has 9 nitrogen and oxygen atoms in total. The summed E-state index contributed by atoms with van der Waals surface area (Å²) < 4.78 is 4.17. The van der Waals surface area contributed by atoms with Gasteiger partial charge < -0.3 is 19.9 Å². The Balaban J connectivity index is 2.37. The number of rotatable bonds is 9. The van der Waals surface area contributed by atoms with Crippen LogP contribution < -0.4 is 11.2 Å². The van der Waals surface area contributed by atoms with E-state index in [0.717, 1.165) is 4.57 Å². The van der Waals surface area contributed by atoms with Crippen molar-refractivity contribution in [2.75, 3.05) is 6.61 Å². The lowest BCUT2D eigenvalue weighted by Gasteiger charge is -2.12. The summed E-state index contributed by atoms with van der Waals surface area (Å²) in [6.45, 7) is 3.88. The average Bonchev–Trinajstić information content (AvgIpc) is 2.99. The van der Waals surface area contributed by atoms with Crippen molar-refractivity contribution in [3.05, 3.63) is 27.2 Å². The van der Waals surface area contributed by atoms with Crippen molar-refractivity contribution in [3.63, 3.8) is 0 Å². The van der Waals surface area contributed by atoms with E-state index in [0.29, 0.717) is 43.5 Å². The van der Waals surface area contributed by atoms with E-state index in [1.165, 1.54) is 17.8 Å². The molecule has 2 unspecified atom stereocenters. The molecular weight excluding hydrogens is 328 g/mol. The number of fused-ring (bicyclic) bond motifs is 1. The molecule has 0 aliphatic heterocycles. The number of hydrogen-bond acceptors (Lipinski definition) is 6. The number of nitrogens with zero attached hydrogens (tertiary/aromatic N) is 4. The minimum absolute atomic E-state index is 0.0680. The van der Waals surface area contributed by atoms with E-state index in [2.05, 4.69) is 4.98 Å². The average molecular weight is 354 g/mol. The Morgan fingerprint density at radius 1 is 1.20 bits per heavy atom. The van der Waals surface area contributed by atoms with E-state index < -0.39 is 23.5 Å².